The SMILES string of the molecule is O.O.O.O.O.O.O.O.O.O.O.O.[Cr].[Cr].[Mo].[Mo].[Mo]. The molecule has 0 bridgehead atoms. The van der Waals surface area contributed by atoms with Crippen LogP contribution in [0.15, 0.2) is 0 Å². The molecule has 126 valence electrons. The van der Waals surface area contributed by atoms with E-state index in [9.17, 15) is 0 Å². The summed E-state index contributed by atoms with van der Waals surface area (Å²) in [5.74, 6) is 0. The minimum Gasteiger partial charge on any atom is -0.412 e. The van der Waals surface area contributed by atoms with Crippen molar-refractivity contribution in [2.45, 2.75) is 0 Å². The summed E-state index contributed by atoms with van der Waals surface area (Å²) in [5.41, 5.74) is 0. The molecule has 0 aliphatic carbocycles. The molecule has 17 heavy (non-hydrogen) atoms. The summed E-state index contributed by atoms with van der Waals surface area (Å²) in [6.45, 7) is 0. The first-order chi connectivity index (χ1) is 0. The Morgan fingerprint density at radius 2 is 0.176 bits per heavy atom. The molecule has 0 aromatic rings. The van der Waals surface area contributed by atoms with Gasteiger partial charge in [0.15, 0.2) is 0 Å². The summed E-state index contributed by atoms with van der Waals surface area (Å²) in [7, 11) is 0. The van der Waals surface area contributed by atoms with Crippen molar-refractivity contribution < 1.29 is 164 Å². The Bertz CT molecular complexity index is 19.7. The van der Waals surface area contributed by atoms with Gasteiger partial charge < -0.3 is 65.7 Å². The Labute approximate surface area is 162 Å². The molecule has 0 saturated carbocycles. The number of hydrogen-bond acceptors (Lipinski definition) is 0. The van der Waals surface area contributed by atoms with E-state index in [0.29, 0.717) is 0 Å². The molecule has 0 aliphatic rings. The third kappa shape index (κ3) is 736. The maximum atomic E-state index is 0. The molecule has 0 aromatic carbocycles. The van der Waals surface area contributed by atoms with E-state index in [0.717, 1.165) is 0 Å². The van der Waals surface area contributed by atoms with Crippen molar-refractivity contribution in [3.8, 4) is 0 Å². The Morgan fingerprint density at radius 1 is 0.176 bits per heavy atom. The van der Waals surface area contributed by atoms with E-state index in [4.69, 9.17) is 0 Å². The molecule has 12 nitrogen and oxygen atoms in total. The van der Waals surface area contributed by atoms with Gasteiger partial charge in [0.1, 0.15) is 0 Å². The van der Waals surface area contributed by atoms with Gasteiger partial charge in [-0.15, -0.1) is 0 Å². The topological polar surface area (TPSA) is 378 Å². The van der Waals surface area contributed by atoms with Crippen LogP contribution in [0.25, 0.3) is 0 Å². The molecule has 24 N–H and O–H groups in total. The molecule has 0 atom stereocenters. The van der Waals surface area contributed by atoms with Crippen molar-refractivity contribution in [2.75, 3.05) is 0 Å². The van der Waals surface area contributed by atoms with Crippen LogP contribution in [0.2, 0.25) is 0 Å². The molecule has 0 spiro atoms. The molecular weight excluding hydrogens is 584 g/mol. The van der Waals surface area contributed by atoms with Crippen LogP contribution in [0.5, 0.6) is 0 Å². The molecule has 0 amide bonds. The molecule has 0 rings (SSSR count). The number of rotatable bonds is 0. The van der Waals surface area contributed by atoms with Crippen molar-refractivity contribution in [3.63, 3.8) is 0 Å². The summed E-state index contributed by atoms with van der Waals surface area (Å²) in [4.78, 5) is 0. The van der Waals surface area contributed by atoms with Gasteiger partial charge in [-0.05, 0) is 0 Å². The van der Waals surface area contributed by atoms with Crippen LogP contribution >= 0.6 is 0 Å². The second kappa shape index (κ2) is 827. The van der Waals surface area contributed by atoms with Gasteiger partial charge in [0, 0.05) is 97.9 Å². The summed E-state index contributed by atoms with van der Waals surface area (Å²) in [6, 6.07) is 0. The summed E-state index contributed by atoms with van der Waals surface area (Å²) in [6.07, 6.45) is 0. The fourth-order valence-corrected chi connectivity index (χ4v) is 0. The largest absolute Gasteiger partial charge is 0.412 e. The molecule has 0 fully saturated rings. The zero-order valence-corrected chi connectivity index (χ0v) is 16.6. The zero-order valence-electron chi connectivity index (χ0n) is 8.04. The van der Waals surface area contributed by atoms with Crippen LogP contribution < -0.4 is 0 Å². The van der Waals surface area contributed by atoms with Crippen molar-refractivity contribution in [1.29, 1.82) is 0 Å². The molecule has 0 unspecified atom stereocenters. The first kappa shape index (κ1) is 973. The van der Waals surface area contributed by atoms with E-state index in [2.05, 4.69) is 0 Å². The zero-order chi connectivity index (χ0) is 0. The van der Waals surface area contributed by atoms with E-state index in [1.165, 1.54) is 0 Å². The van der Waals surface area contributed by atoms with Gasteiger partial charge in [0.25, 0.3) is 0 Å². The molecule has 0 aliphatic heterocycles. The van der Waals surface area contributed by atoms with Gasteiger partial charge in [0.05, 0.1) is 0 Å². The standard InChI is InChI=1S/2Cr.3Mo.12H2O/h;;;;;12*1H2. The second-order valence-electron chi connectivity index (χ2n) is 0. The monoisotopic (exact) mass is 614 g/mol. The Balaban J connectivity index is 0. The van der Waals surface area contributed by atoms with Crippen molar-refractivity contribution >= 4 is 0 Å². The van der Waals surface area contributed by atoms with Gasteiger partial charge in [-0.25, -0.2) is 0 Å². The van der Waals surface area contributed by atoms with Crippen LogP contribution in [0, 0.1) is 0 Å². The van der Waals surface area contributed by atoms with E-state index >= 15 is 0 Å². The molecule has 0 radical (unpaired) electrons. The molecule has 0 heterocycles. The average Bonchev–Trinajstić information content (AvgIpc) is 0. The Morgan fingerprint density at radius 3 is 0.176 bits per heavy atom. The quantitative estimate of drug-likeness (QED) is 0.231. The van der Waals surface area contributed by atoms with E-state index in [1.807, 2.05) is 0 Å². The fraction of sp³-hybridized carbons (Fsp3) is 0. The molecular formula is H24Cr2Mo3O12. The fourth-order valence-electron chi connectivity index (χ4n) is 0. The molecule has 17 heteroatoms. The minimum atomic E-state index is 0. The Kier molecular flexibility index (Phi) is 47400. The van der Waals surface area contributed by atoms with Crippen molar-refractivity contribution in [3.05, 3.63) is 0 Å². The van der Waals surface area contributed by atoms with E-state index < -0.39 is 0 Å². The van der Waals surface area contributed by atoms with Crippen LogP contribution in [-0.4, -0.2) is 65.7 Å². The maximum absolute atomic E-state index is 0. The van der Waals surface area contributed by atoms with Gasteiger partial charge in [0.2, 0.25) is 0 Å². The summed E-state index contributed by atoms with van der Waals surface area (Å²) < 4.78 is 0. The van der Waals surface area contributed by atoms with Crippen molar-refractivity contribution in [1.82, 2.24) is 0 Å². The molecule has 0 aromatic heterocycles. The third-order valence-corrected chi connectivity index (χ3v) is 0. The smallest absolute Gasteiger partial charge is 0 e. The average molecular weight is 608 g/mol. The van der Waals surface area contributed by atoms with Crippen LogP contribution in [-0.2, 0) is 97.9 Å². The van der Waals surface area contributed by atoms with Crippen LogP contribution in [0.4, 0.5) is 0 Å². The normalized spacial score (nSPS) is 0. The minimum absolute atomic E-state index is 0. The van der Waals surface area contributed by atoms with Crippen LogP contribution in [0.1, 0.15) is 0 Å². The third-order valence-electron chi connectivity index (χ3n) is 0. The first-order valence-electron chi connectivity index (χ1n) is 0. The van der Waals surface area contributed by atoms with Gasteiger partial charge in [-0.3, -0.25) is 0 Å². The predicted octanol–water partition coefficient (Wildman–Crippen LogP) is -9.91. The molecule has 0 saturated heterocycles. The van der Waals surface area contributed by atoms with E-state index in [1.54, 1.807) is 0 Å². The van der Waals surface area contributed by atoms with Gasteiger partial charge in [-0.2, -0.15) is 0 Å². The predicted molar refractivity (Wildman–Crippen MR) is 43.4 cm³/mol. The number of hydrogen-bond donors (Lipinski definition) is 0. The maximum Gasteiger partial charge on any atom is 0 e. The van der Waals surface area contributed by atoms with E-state index in [-0.39, 0.29) is 164 Å². The second-order valence-corrected chi connectivity index (χ2v) is 0. The van der Waals surface area contributed by atoms with Crippen LogP contribution in [0.3, 0.4) is 0 Å². The van der Waals surface area contributed by atoms with Gasteiger partial charge >= 0.3 is 0 Å². The summed E-state index contributed by atoms with van der Waals surface area (Å²) >= 11 is 0. The summed E-state index contributed by atoms with van der Waals surface area (Å²) in [5, 5.41) is 0. The Hall–Kier alpha value is 2.65. The first-order valence-corrected chi connectivity index (χ1v) is 0. The van der Waals surface area contributed by atoms with Gasteiger partial charge in [-0.1, -0.05) is 0 Å². The van der Waals surface area contributed by atoms with Crippen molar-refractivity contribution in [2.24, 2.45) is 0 Å².